The normalized spacial score (nSPS) is 10.8. The molecule has 2 aromatic carbocycles. The third-order valence-electron chi connectivity index (χ3n) is 3.11. The van der Waals surface area contributed by atoms with Crippen molar-refractivity contribution in [2.45, 2.75) is 19.8 Å². The molecule has 2 rings (SSSR count). The number of rotatable bonds is 3. The van der Waals surface area contributed by atoms with Crippen molar-refractivity contribution in [2.75, 3.05) is 7.11 Å². The summed E-state index contributed by atoms with van der Waals surface area (Å²) in [5.74, 6) is 0.794. The Morgan fingerprint density at radius 1 is 1.05 bits per heavy atom. The van der Waals surface area contributed by atoms with Gasteiger partial charge in [-0.05, 0) is 35.7 Å². The van der Waals surface area contributed by atoms with Crippen LogP contribution in [0.1, 0.15) is 25.3 Å². The summed E-state index contributed by atoms with van der Waals surface area (Å²) >= 11 is 0. The Kier molecular flexibility index (Phi) is 3.74. The second-order valence-electron chi connectivity index (χ2n) is 4.74. The zero-order valence-electron chi connectivity index (χ0n) is 11.3. The quantitative estimate of drug-likeness (QED) is 0.890. The molecular weight excluding hydrogens is 243 g/mol. The minimum atomic E-state index is -0.294. The lowest BCUT2D eigenvalue weighted by atomic mass is 9.91. The third-order valence-corrected chi connectivity index (χ3v) is 3.11. The SMILES string of the molecule is COc1ccc(O)c(-c2ccc(F)cc2)c1C(C)C. The van der Waals surface area contributed by atoms with E-state index in [1.54, 1.807) is 31.4 Å². The van der Waals surface area contributed by atoms with E-state index in [0.29, 0.717) is 5.56 Å². The van der Waals surface area contributed by atoms with Gasteiger partial charge >= 0.3 is 0 Å². The first-order valence-corrected chi connectivity index (χ1v) is 6.20. The summed E-state index contributed by atoms with van der Waals surface area (Å²) in [6.07, 6.45) is 0. The standard InChI is InChI=1S/C16H17FO2/c1-10(2)15-14(19-3)9-8-13(18)16(15)11-4-6-12(17)7-5-11/h4-10,18H,1-3H3. The van der Waals surface area contributed by atoms with Gasteiger partial charge in [0.05, 0.1) is 7.11 Å². The number of aromatic hydroxyl groups is 1. The molecule has 0 bridgehead atoms. The van der Waals surface area contributed by atoms with Crippen LogP contribution in [0.15, 0.2) is 36.4 Å². The smallest absolute Gasteiger partial charge is 0.123 e. The van der Waals surface area contributed by atoms with Gasteiger partial charge in [0.15, 0.2) is 0 Å². The van der Waals surface area contributed by atoms with Crippen molar-refractivity contribution in [3.05, 3.63) is 47.8 Å². The molecule has 0 aromatic heterocycles. The Morgan fingerprint density at radius 2 is 1.68 bits per heavy atom. The second kappa shape index (κ2) is 5.31. The molecule has 0 aliphatic rings. The van der Waals surface area contributed by atoms with Crippen LogP contribution >= 0.6 is 0 Å². The summed E-state index contributed by atoms with van der Waals surface area (Å²) in [7, 11) is 1.60. The predicted molar refractivity (Wildman–Crippen MR) is 74.1 cm³/mol. The van der Waals surface area contributed by atoms with Crippen molar-refractivity contribution in [2.24, 2.45) is 0 Å². The van der Waals surface area contributed by atoms with Crippen LogP contribution in [0, 0.1) is 5.82 Å². The van der Waals surface area contributed by atoms with Gasteiger partial charge in [-0.3, -0.25) is 0 Å². The van der Waals surface area contributed by atoms with Crippen molar-refractivity contribution >= 4 is 0 Å². The van der Waals surface area contributed by atoms with Gasteiger partial charge in [-0.25, -0.2) is 4.39 Å². The summed E-state index contributed by atoms with van der Waals surface area (Å²) in [5, 5.41) is 10.1. The highest BCUT2D eigenvalue weighted by Gasteiger charge is 2.18. The number of hydrogen-bond donors (Lipinski definition) is 1. The van der Waals surface area contributed by atoms with Crippen LogP contribution in [-0.4, -0.2) is 12.2 Å². The van der Waals surface area contributed by atoms with Crippen molar-refractivity contribution in [3.63, 3.8) is 0 Å². The van der Waals surface area contributed by atoms with E-state index in [1.807, 2.05) is 13.8 Å². The van der Waals surface area contributed by atoms with E-state index >= 15 is 0 Å². The molecule has 0 heterocycles. The van der Waals surface area contributed by atoms with Crippen LogP contribution in [0.25, 0.3) is 11.1 Å². The van der Waals surface area contributed by atoms with Crippen LogP contribution in [0.3, 0.4) is 0 Å². The van der Waals surface area contributed by atoms with Gasteiger partial charge in [-0.2, -0.15) is 0 Å². The van der Waals surface area contributed by atoms with E-state index in [-0.39, 0.29) is 17.5 Å². The average Bonchev–Trinajstić information content (AvgIpc) is 2.39. The van der Waals surface area contributed by atoms with E-state index in [9.17, 15) is 9.50 Å². The molecule has 2 aromatic rings. The fraction of sp³-hybridized carbons (Fsp3) is 0.250. The Bertz CT molecular complexity index is 574. The number of ether oxygens (including phenoxy) is 1. The van der Waals surface area contributed by atoms with Crippen LogP contribution in [0.2, 0.25) is 0 Å². The lowest BCUT2D eigenvalue weighted by Crippen LogP contribution is -1.98. The molecular formula is C16H17FO2. The minimum Gasteiger partial charge on any atom is -0.507 e. The van der Waals surface area contributed by atoms with Crippen molar-refractivity contribution in [1.29, 1.82) is 0 Å². The van der Waals surface area contributed by atoms with Gasteiger partial charge in [-0.15, -0.1) is 0 Å². The Morgan fingerprint density at radius 3 is 2.21 bits per heavy atom. The summed E-state index contributed by atoms with van der Waals surface area (Å²) in [6, 6.07) is 9.45. The average molecular weight is 260 g/mol. The van der Waals surface area contributed by atoms with Gasteiger partial charge < -0.3 is 9.84 Å². The van der Waals surface area contributed by atoms with Gasteiger partial charge in [-0.1, -0.05) is 26.0 Å². The minimum absolute atomic E-state index is 0.177. The summed E-state index contributed by atoms with van der Waals surface area (Å²) in [5.41, 5.74) is 2.41. The molecule has 0 fully saturated rings. The molecule has 1 N–H and O–H groups in total. The summed E-state index contributed by atoms with van der Waals surface area (Å²) in [6.45, 7) is 4.06. The molecule has 0 unspecified atom stereocenters. The van der Waals surface area contributed by atoms with Gasteiger partial charge in [0.2, 0.25) is 0 Å². The van der Waals surface area contributed by atoms with Crippen molar-refractivity contribution in [1.82, 2.24) is 0 Å². The molecule has 0 saturated heterocycles. The molecule has 0 spiro atoms. The molecule has 0 aliphatic carbocycles. The van der Waals surface area contributed by atoms with Crippen LogP contribution in [0.4, 0.5) is 4.39 Å². The van der Waals surface area contributed by atoms with E-state index in [2.05, 4.69) is 0 Å². The molecule has 0 atom stereocenters. The van der Waals surface area contributed by atoms with Crippen LogP contribution < -0.4 is 4.74 Å². The fourth-order valence-electron chi connectivity index (χ4n) is 2.26. The zero-order chi connectivity index (χ0) is 14.0. The lowest BCUT2D eigenvalue weighted by molar-refractivity contribution is 0.405. The van der Waals surface area contributed by atoms with Gasteiger partial charge in [0.25, 0.3) is 0 Å². The molecule has 2 nitrogen and oxygen atoms in total. The van der Waals surface area contributed by atoms with E-state index in [1.165, 1.54) is 12.1 Å². The number of phenolic OH excluding ortho intramolecular Hbond substituents is 1. The molecule has 0 saturated carbocycles. The van der Waals surface area contributed by atoms with Gasteiger partial charge in [0, 0.05) is 11.1 Å². The first-order valence-electron chi connectivity index (χ1n) is 6.20. The molecule has 0 amide bonds. The molecule has 19 heavy (non-hydrogen) atoms. The fourth-order valence-corrected chi connectivity index (χ4v) is 2.26. The van der Waals surface area contributed by atoms with Gasteiger partial charge in [0.1, 0.15) is 17.3 Å². The predicted octanol–water partition coefficient (Wildman–Crippen LogP) is 4.33. The highest BCUT2D eigenvalue weighted by atomic mass is 19.1. The Labute approximate surface area is 112 Å². The number of methoxy groups -OCH3 is 1. The Hall–Kier alpha value is -2.03. The molecule has 100 valence electrons. The monoisotopic (exact) mass is 260 g/mol. The Balaban J connectivity index is 2.70. The number of benzene rings is 2. The third kappa shape index (κ3) is 2.55. The summed E-state index contributed by atoms with van der Waals surface area (Å²) < 4.78 is 18.4. The second-order valence-corrected chi connectivity index (χ2v) is 4.74. The molecule has 3 heteroatoms. The lowest BCUT2D eigenvalue weighted by Gasteiger charge is -2.18. The highest BCUT2D eigenvalue weighted by Crippen LogP contribution is 2.41. The van der Waals surface area contributed by atoms with E-state index in [4.69, 9.17) is 4.74 Å². The number of halogens is 1. The topological polar surface area (TPSA) is 29.5 Å². The highest BCUT2D eigenvalue weighted by molar-refractivity contribution is 5.76. The maximum absolute atomic E-state index is 13.0. The van der Waals surface area contributed by atoms with Crippen molar-refractivity contribution in [3.8, 4) is 22.6 Å². The maximum atomic E-state index is 13.0. The van der Waals surface area contributed by atoms with E-state index < -0.39 is 0 Å². The molecule has 0 radical (unpaired) electrons. The first-order chi connectivity index (χ1) is 9.04. The maximum Gasteiger partial charge on any atom is 0.123 e. The largest absolute Gasteiger partial charge is 0.507 e. The first kappa shape index (κ1) is 13.4. The summed E-state index contributed by atoms with van der Waals surface area (Å²) in [4.78, 5) is 0. The van der Waals surface area contributed by atoms with Crippen LogP contribution in [0.5, 0.6) is 11.5 Å². The molecule has 0 aliphatic heterocycles. The number of hydrogen-bond acceptors (Lipinski definition) is 2. The van der Waals surface area contributed by atoms with E-state index in [0.717, 1.165) is 16.9 Å². The zero-order valence-corrected chi connectivity index (χ0v) is 11.3. The van der Waals surface area contributed by atoms with Crippen molar-refractivity contribution < 1.29 is 14.2 Å². The van der Waals surface area contributed by atoms with Crippen LogP contribution in [-0.2, 0) is 0 Å². The number of phenols is 1.